The molecule has 0 atom stereocenters. The first kappa shape index (κ1) is 15.0. The zero-order valence-corrected chi connectivity index (χ0v) is 11.2. The number of benzene rings is 2. The van der Waals surface area contributed by atoms with Gasteiger partial charge in [0.1, 0.15) is 11.5 Å². The summed E-state index contributed by atoms with van der Waals surface area (Å²) in [5.41, 5.74) is 2.67. The number of amides is 1. The molecule has 0 saturated heterocycles. The molecule has 112 valence electrons. The lowest BCUT2D eigenvalue weighted by molar-refractivity contribution is 0.0696. The van der Waals surface area contributed by atoms with Crippen LogP contribution in [0.1, 0.15) is 26.3 Å². The normalized spacial score (nSPS) is 10.5. The van der Waals surface area contributed by atoms with E-state index in [0.29, 0.717) is 5.56 Å². The van der Waals surface area contributed by atoms with Gasteiger partial charge in [0, 0.05) is 11.1 Å². The Morgan fingerprint density at radius 3 is 2.27 bits per heavy atom. The number of nitrogens with one attached hydrogen (secondary N) is 1. The van der Waals surface area contributed by atoms with Crippen molar-refractivity contribution in [1.29, 1.82) is 0 Å². The minimum Gasteiger partial charge on any atom is -0.508 e. The van der Waals surface area contributed by atoms with E-state index in [-0.39, 0.29) is 22.6 Å². The minimum absolute atomic E-state index is 0.0101. The van der Waals surface area contributed by atoms with Gasteiger partial charge in [0.05, 0.1) is 11.8 Å². The molecule has 0 saturated carbocycles. The summed E-state index contributed by atoms with van der Waals surface area (Å²) < 4.78 is 0. The van der Waals surface area contributed by atoms with Gasteiger partial charge in [0.15, 0.2) is 0 Å². The average Bonchev–Trinajstić information content (AvgIpc) is 2.49. The van der Waals surface area contributed by atoms with Crippen LogP contribution in [0, 0.1) is 0 Å². The molecule has 0 fully saturated rings. The zero-order chi connectivity index (χ0) is 16.1. The molecule has 7 heteroatoms. The monoisotopic (exact) mass is 300 g/mol. The molecule has 0 aliphatic heterocycles. The molecule has 4 N–H and O–H groups in total. The number of hydrazone groups is 1. The van der Waals surface area contributed by atoms with E-state index in [1.807, 2.05) is 0 Å². The Balaban J connectivity index is 2.09. The number of aromatic hydroxyl groups is 2. The Kier molecular flexibility index (Phi) is 4.38. The summed E-state index contributed by atoms with van der Waals surface area (Å²) >= 11 is 0. The van der Waals surface area contributed by atoms with Crippen molar-refractivity contribution < 1.29 is 24.9 Å². The number of hydrogen-bond acceptors (Lipinski definition) is 5. The second kappa shape index (κ2) is 6.40. The SMILES string of the molecule is O=C(O)c1ccc(O)c(/C=N/NC(=O)c2ccc(O)cc2)c1. The fourth-order valence-electron chi connectivity index (χ4n) is 1.63. The molecule has 2 aromatic rings. The maximum absolute atomic E-state index is 11.7. The van der Waals surface area contributed by atoms with E-state index in [1.54, 1.807) is 0 Å². The van der Waals surface area contributed by atoms with Gasteiger partial charge in [0.25, 0.3) is 5.91 Å². The molecule has 22 heavy (non-hydrogen) atoms. The number of nitrogens with zero attached hydrogens (tertiary/aromatic N) is 1. The number of hydrogen-bond donors (Lipinski definition) is 4. The van der Waals surface area contributed by atoms with Gasteiger partial charge in [-0.1, -0.05) is 0 Å². The van der Waals surface area contributed by atoms with Crippen LogP contribution in [0.4, 0.5) is 0 Å². The molecule has 1 amide bonds. The van der Waals surface area contributed by atoms with E-state index in [4.69, 9.17) is 10.2 Å². The third kappa shape index (κ3) is 3.60. The maximum Gasteiger partial charge on any atom is 0.335 e. The molecular weight excluding hydrogens is 288 g/mol. The van der Waals surface area contributed by atoms with Crippen molar-refractivity contribution in [3.8, 4) is 11.5 Å². The van der Waals surface area contributed by atoms with E-state index in [2.05, 4.69) is 10.5 Å². The highest BCUT2D eigenvalue weighted by molar-refractivity contribution is 5.96. The third-order valence-electron chi connectivity index (χ3n) is 2.77. The highest BCUT2D eigenvalue weighted by Crippen LogP contribution is 2.16. The molecule has 0 bridgehead atoms. The van der Waals surface area contributed by atoms with Gasteiger partial charge in [-0.3, -0.25) is 4.79 Å². The van der Waals surface area contributed by atoms with Crippen LogP contribution in [0.5, 0.6) is 11.5 Å². The van der Waals surface area contributed by atoms with Gasteiger partial charge in [-0.15, -0.1) is 0 Å². The summed E-state index contributed by atoms with van der Waals surface area (Å²) in [5.74, 6) is -1.77. The van der Waals surface area contributed by atoms with Gasteiger partial charge < -0.3 is 15.3 Å². The van der Waals surface area contributed by atoms with Crippen molar-refractivity contribution in [2.75, 3.05) is 0 Å². The molecule has 2 rings (SSSR count). The zero-order valence-electron chi connectivity index (χ0n) is 11.2. The number of rotatable bonds is 4. The van der Waals surface area contributed by atoms with E-state index >= 15 is 0 Å². The highest BCUT2D eigenvalue weighted by Gasteiger charge is 2.07. The molecule has 0 aliphatic carbocycles. The van der Waals surface area contributed by atoms with Crippen LogP contribution in [0.15, 0.2) is 47.6 Å². The van der Waals surface area contributed by atoms with E-state index in [0.717, 1.165) is 6.21 Å². The number of carboxylic acids is 1. The lowest BCUT2D eigenvalue weighted by Crippen LogP contribution is -2.17. The number of aromatic carboxylic acids is 1. The predicted molar refractivity (Wildman–Crippen MR) is 78.2 cm³/mol. The summed E-state index contributed by atoms with van der Waals surface area (Å²) in [6.45, 7) is 0. The van der Waals surface area contributed by atoms with Gasteiger partial charge in [0.2, 0.25) is 0 Å². The first-order chi connectivity index (χ1) is 10.5. The van der Waals surface area contributed by atoms with Crippen LogP contribution in [0.25, 0.3) is 0 Å². The minimum atomic E-state index is -1.14. The van der Waals surface area contributed by atoms with Crippen LogP contribution in [0.3, 0.4) is 0 Å². The smallest absolute Gasteiger partial charge is 0.335 e. The Labute approximate surface area is 125 Å². The van der Waals surface area contributed by atoms with Crippen LogP contribution in [-0.4, -0.2) is 33.4 Å². The summed E-state index contributed by atoms with van der Waals surface area (Å²) in [4.78, 5) is 22.6. The fraction of sp³-hybridized carbons (Fsp3) is 0. The summed E-state index contributed by atoms with van der Waals surface area (Å²) in [5, 5.41) is 31.3. The molecule has 0 heterocycles. The van der Waals surface area contributed by atoms with Crippen molar-refractivity contribution in [3.63, 3.8) is 0 Å². The summed E-state index contributed by atoms with van der Waals surface area (Å²) in [7, 11) is 0. The summed E-state index contributed by atoms with van der Waals surface area (Å²) in [6, 6.07) is 9.28. The second-order valence-corrected chi connectivity index (χ2v) is 4.32. The van der Waals surface area contributed by atoms with Crippen molar-refractivity contribution >= 4 is 18.1 Å². The Morgan fingerprint density at radius 1 is 1.00 bits per heavy atom. The molecule has 2 aromatic carbocycles. The fourth-order valence-corrected chi connectivity index (χ4v) is 1.63. The average molecular weight is 300 g/mol. The Bertz CT molecular complexity index is 738. The van der Waals surface area contributed by atoms with E-state index < -0.39 is 11.9 Å². The van der Waals surface area contributed by atoms with Gasteiger partial charge >= 0.3 is 5.97 Å². The van der Waals surface area contributed by atoms with Crippen molar-refractivity contribution in [3.05, 3.63) is 59.2 Å². The highest BCUT2D eigenvalue weighted by atomic mass is 16.4. The molecule has 7 nitrogen and oxygen atoms in total. The number of carboxylic acid groups (broad SMARTS) is 1. The predicted octanol–water partition coefficient (Wildman–Crippen LogP) is 1.56. The topological polar surface area (TPSA) is 119 Å². The number of phenols is 2. The van der Waals surface area contributed by atoms with Crippen molar-refractivity contribution in [1.82, 2.24) is 5.43 Å². The quantitative estimate of drug-likeness (QED) is 0.504. The van der Waals surface area contributed by atoms with Gasteiger partial charge in [-0.25, -0.2) is 10.2 Å². The third-order valence-corrected chi connectivity index (χ3v) is 2.77. The molecule has 0 spiro atoms. The first-order valence-electron chi connectivity index (χ1n) is 6.16. The van der Waals surface area contributed by atoms with Gasteiger partial charge in [-0.2, -0.15) is 5.10 Å². The second-order valence-electron chi connectivity index (χ2n) is 4.32. The van der Waals surface area contributed by atoms with Crippen LogP contribution >= 0.6 is 0 Å². The standard InChI is InChI=1S/C15H12N2O5/c18-12-4-1-9(2-5-12)14(20)17-16-8-11-7-10(15(21)22)3-6-13(11)19/h1-8,18-19H,(H,17,20)(H,21,22)/b16-8+. The maximum atomic E-state index is 11.7. The lowest BCUT2D eigenvalue weighted by Gasteiger charge is -2.02. The van der Waals surface area contributed by atoms with Crippen molar-refractivity contribution in [2.45, 2.75) is 0 Å². The number of phenolic OH excluding ortho intramolecular Hbond substituents is 2. The summed E-state index contributed by atoms with van der Waals surface area (Å²) in [6.07, 6.45) is 1.14. The molecule has 0 aromatic heterocycles. The molecule has 0 radical (unpaired) electrons. The molecular formula is C15H12N2O5. The first-order valence-corrected chi connectivity index (χ1v) is 6.16. The molecule has 0 aliphatic rings. The van der Waals surface area contributed by atoms with Crippen LogP contribution in [0.2, 0.25) is 0 Å². The van der Waals surface area contributed by atoms with Crippen molar-refractivity contribution in [2.24, 2.45) is 5.10 Å². The largest absolute Gasteiger partial charge is 0.508 e. The van der Waals surface area contributed by atoms with Gasteiger partial charge in [-0.05, 0) is 42.5 Å². The van der Waals surface area contributed by atoms with E-state index in [9.17, 15) is 14.7 Å². The van der Waals surface area contributed by atoms with Crippen LogP contribution < -0.4 is 5.43 Å². The molecule has 0 unspecified atom stereocenters. The van der Waals surface area contributed by atoms with E-state index in [1.165, 1.54) is 42.5 Å². The Morgan fingerprint density at radius 2 is 1.64 bits per heavy atom. The number of carbonyl (C=O) groups excluding carboxylic acids is 1. The van der Waals surface area contributed by atoms with Crippen LogP contribution in [-0.2, 0) is 0 Å². The Hall–Kier alpha value is -3.35. The lowest BCUT2D eigenvalue weighted by atomic mass is 10.1. The number of carbonyl (C=O) groups is 2.